The lowest BCUT2D eigenvalue weighted by Crippen LogP contribution is -2.46. The van der Waals surface area contributed by atoms with Gasteiger partial charge in [-0.05, 0) is 23.6 Å². The van der Waals surface area contributed by atoms with Gasteiger partial charge in [-0.3, -0.25) is 9.59 Å². The molecule has 1 atom stereocenters. The van der Waals surface area contributed by atoms with Crippen LogP contribution in [0.2, 0.25) is 5.02 Å². The van der Waals surface area contributed by atoms with Gasteiger partial charge in [0.15, 0.2) is 6.61 Å². The summed E-state index contributed by atoms with van der Waals surface area (Å²) in [6.45, 7) is 3.11. The molecule has 7 heteroatoms. The van der Waals surface area contributed by atoms with Crippen LogP contribution in [0.25, 0.3) is 0 Å². The Morgan fingerprint density at radius 1 is 0.964 bits per heavy atom. The van der Waals surface area contributed by atoms with Gasteiger partial charge < -0.3 is 15.4 Å². The molecule has 0 heterocycles. The Morgan fingerprint density at radius 2 is 1.61 bits per heavy atom. The molecule has 0 aromatic heterocycles. The van der Waals surface area contributed by atoms with Crippen LogP contribution in [-0.2, 0) is 25.5 Å². The van der Waals surface area contributed by atoms with Gasteiger partial charge in [0.05, 0.1) is 17.1 Å². The third-order valence-corrected chi connectivity index (χ3v) is 4.27. The number of amides is 2. The Morgan fingerprint density at radius 3 is 2.25 bits per heavy atom. The minimum Gasteiger partial charge on any atom is -0.454 e. The van der Waals surface area contributed by atoms with Crippen molar-refractivity contribution in [3.63, 3.8) is 0 Å². The van der Waals surface area contributed by atoms with Gasteiger partial charge in [-0.1, -0.05) is 67.9 Å². The van der Waals surface area contributed by atoms with E-state index in [1.807, 2.05) is 30.3 Å². The highest BCUT2D eigenvalue weighted by atomic mass is 35.5. The monoisotopic (exact) mass is 402 g/mol. The maximum absolute atomic E-state index is 12.4. The van der Waals surface area contributed by atoms with E-state index in [0.29, 0.717) is 10.7 Å². The van der Waals surface area contributed by atoms with Crippen molar-refractivity contribution in [1.29, 1.82) is 0 Å². The third kappa shape index (κ3) is 6.70. The van der Waals surface area contributed by atoms with Gasteiger partial charge in [0.2, 0.25) is 5.91 Å². The number of ether oxygens (including phenoxy) is 1. The fourth-order valence-corrected chi connectivity index (χ4v) is 2.66. The van der Waals surface area contributed by atoms with E-state index in [2.05, 4.69) is 10.6 Å². The van der Waals surface area contributed by atoms with Crippen LogP contribution in [0.3, 0.4) is 0 Å². The maximum atomic E-state index is 12.4. The first kappa shape index (κ1) is 21.4. The molecule has 0 aliphatic heterocycles. The largest absolute Gasteiger partial charge is 0.454 e. The van der Waals surface area contributed by atoms with E-state index in [9.17, 15) is 14.4 Å². The Balaban J connectivity index is 1.87. The van der Waals surface area contributed by atoms with E-state index in [0.717, 1.165) is 5.56 Å². The molecule has 148 valence electrons. The molecule has 0 saturated carbocycles. The van der Waals surface area contributed by atoms with Crippen LogP contribution < -0.4 is 10.6 Å². The van der Waals surface area contributed by atoms with Crippen molar-refractivity contribution >= 4 is 35.1 Å². The lowest BCUT2D eigenvalue weighted by molar-refractivity contribution is -0.151. The van der Waals surface area contributed by atoms with Crippen LogP contribution in [0.4, 0.5) is 5.69 Å². The van der Waals surface area contributed by atoms with Gasteiger partial charge >= 0.3 is 5.97 Å². The number of hydrogen-bond donors (Lipinski definition) is 2. The lowest BCUT2D eigenvalue weighted by atomic mass is 10.0. The topological polar surface area (TPSA) is 84.5 Å². The number of nitrogens with one attached hydrogen (secondary N) is 2. The number of hydrogen-bond acceptors (Lipinski definition) is 4. The number of para-hydroxylation sites is 1. The van der Waals surface area contributed by atoms with Gasteiger partial charge in [-0.15, -0.1) is 0 Å². The van der Waals surface area contributed by atoms with E-state index in [1.54, 1.807) is 38.1 Å². The van der Waals surface area contributed by atoms with Crippen molar-refractivity contribution in [2.24, 2.45) is 5.92 Å². The number of esters is 1. The molecule has 1 unspecified atom stereocenters. The molecule has 0 saturated heterocycles. The molecule has 2 aromatic carbocycles. The summed E-state index contributed by atoms with van der Waals surface area (Å²) < 4.78 is 5.08. The zero-order valence-electron chi connectivity index (χ0n) is 15.8. The molecule has 2 aromatic rings. The molecule has 6 nitrogen and oxygen atoms in total. The second kappa shape index (κ2) is 10.5. The number of halogens is 1. The second-order valence-corrected chi connectivity index (χ2v) is 6.99. The van der Waals surface area contributed by atoms with Gasteiger partial charge in [0, 0.05) is 0 Å². The first-order chi connectivity index (χ1) is 13.4. The van der Waals surface area contributed by atoms with Crippen LogP contribution in [-0.4, -0.2) is 30.4 Å². The van der Waals surface area contributed by atoms with Crippen molar-refractivity contribution in [3.8, 4) is 0 Å². The van der Waals surface area contributed by atoms with Crippen molar-refractivity contribution in [2.75, 3.05) is 11.9 Å². The average molecular weight is 403 g/mol. The van der Waals surface area contributed by atoms with E-state index < -0.39 is 24.5 Å². The SMILES string of the molecule is CC(C)C(NC(=O)Cc1ccccc1)C(=O)OCC(=O)Nc1ccccc1Cl. The lowest BCUT2D eigenvalue weighted by Gasteiger charge is -2.21. The summed E-state index contributed by atoms with van der Waals surface area (Å²) in [4.78, 5) is 36.6. The molecule has 0 aliphatic carbocycles. The van der Waals surface area contributed by atoms with E-state index in [1.165, 1.54) is 0 Å². The molecule has 0 radical (unpaired) electrons. The van der Waals surface area contributed by atoms with E-state index >= 15 is 0 Å². The van der Waals surface area contributed by atoms with Crippen molar-refractivity contribution < 1.29 is 19.1 Å². The Labute approximate surface area is 169 Å². The summed E-state index contributed by atoms with van der Waals surface area (Å²) in [5.41, 5.74) is 1.27. The first-order valence-electron chi connectivity index (χ1n) is 8.91. The number of carbonyl (C=O) groups is 3. The summed E-state index contributed by atoms with van der Waals surface area (Å²) in [5.74, 6) is -1.66. The van der Waals surface area contributed by atoms with Gasteiger partial charge in [-0.2, -0.15) is 0 Å². The minimum absolute atomic E-state index is 0.157. The highest BCUT2D eigenvalue weighted by Gasteiger charge is 2.26. The quantitative estimate of drug-likeness (QED) is 0.664. The minimum atomic E-state index is -0.843. The molecule has 28 heavy (non-hydrogen) atoms. The zero-order valence-corrected chi connectivity index (χ0v) is 16.5. The van der Waals surface area contributed by atoms with Crippen LogP contribution in [0.15, 0.2) is 54.6 Å². The van der Waals surface area contributed by atoms with Crippen LogP contribution in [0.5, 0.6) is 0 Å². The molecule has 0 aliphatic rings. The normalized spacial score (nSPS) is 11.6. The summed E-state index contributed by atoms with van der Waals surface area (Å²) in [6, 6.07) is 15.1. The number of anilines is 1. The van der Waals surface area contributed by atoms with Gasteiger partial charge in [0.25, 0.3) is 5.91 Å². The predicted molar refractivity (Wildman–Crippen MR) is 108 cm³/mol. The summed E-state index contributed by atoms with van der Waals surface area (Å²) in [7, 11) is 0. The van der Waals surface area contributed by atoms with Crippen LogP contribution in [0, 0.1) is 5.92 Å². The zero-order chi connectivity index (χ0) is 20.5. The smallest absolute Gasteiger partial charge is 0.329 e. The van der Waals surface area contributed by atoms with Crippen LogP contribution >= 0.6 is 11.6 Å². The maximum Gasteiger partial charge on any atom is 0.329 e. The molecule has 2 amide bonds. The first-order valence-corrected chi connectivity index (χ1v) is 9.29. The molecule has 0 spiro atoms. The number of benzene rings is 2. The fraction of sp³-hybridized carbons (Fsp3) is 0.286. The Bertz CT molecular complexity index is 824. The van der Waals surface area contributed by atoms with Gasteiger partial charge in [0.1, 0.15) is 6.04 Å². The molecular formula is C21H23ClN2O4. The number of rotatable bonds is 8. The molecule has 0 bridgehead atoms. The highest BCUT2D eigenvalue weighted by Crippen LogP contribution is 2.20. The summed E-state index contributed by atoms with van der Waals surface area (Å²) in [6.07, 6.45) is 0.157. The van der Waals surface area contributed by atoms with E-state index in [-0.39, 0.29) is 18.2 Å². The summed E-state index contributed by atoms with van der Waals surface area (Å²) >= 11 is 5.98. The molecule has 0 fully saturated rings. The highest BCUT2D eigenvalue weighted by molar-refractivity contribution is 6.33. The number of carbonyl (C=O) groups excluding carboxylic acids is 3. The molecule has 2 rings (SSSR count). The van der Waals surface area contributed by atoms with Crippen molar-refractivity contribution in [2.45, 2.75) is 26.3 Å². The fourth-order valence-electron chi connectivity index (χ4n) is 2.48. The molecule has 2 N–H and O–H groups in total. The molecular weight excluding hydrogens is 380 g/mol. The van der Waals surface area contributed by atoms with Crippen molar-refractivity contribution in [1.82, 2.24) is 5.32 Å². The predicted octanol–water partition coefficient (Wildman–Crippen LogP) is 3.21. The van der Waals surface area contributed by atoms with Gasteiger partial charge in [-0.25, -0.2) is 4.79 Å². The third-order valence-electron chi connectivity index (χ3n) is 3.94. The summed E-state index contributed by atoms with van der Waals surface area (Å²) in [5, 5.41) is 5.64. The van der Waals surface area contributed by atoms with Crippen LogP contribution in [0.1, 0.15) is 19.4 Å². The van der Waals surface area contributed by atoms with Crippen molar-refractivity contribution in [3.05, 3.63) is 65.2 Å². The standard InChI is InChI=1S/C21H23ClN2O4/c1-14(2)20(24-18(25)12-15-8-4-3-5-9-15)21(27)28-13-19(26)23-17-11-7-6-10-16(17)22/h3-11,14,20H,12-13H2,1-2H3,(H,23,26)(H,24,25). The second-order valence-electron chi connectivity index (χ2n) is 6.59. The van der Waals surface area contributed by atoms with E-state index in [4.69, 9.17) is 16.3 Å². The Kier molecular flexibility index (Phi) is 8.02. The average Bonchev–Trinajstić information content (AvgIpc) is 2.66. The Hall–Kier alpha value is -2.86.